The Balaban J connectivity index is 1.57. The quantitative estimate of drug-likeness (QED) is 0.880. The van der Waals surface area contributed by atoms with Crippen molar-refractivity contribution in [3.63, 3.8) is 0 Å². The van der Waals surface area contributed by atoms with E-state index in [9.17, 15) is 18.4 Å². The Bertz CT molecular complexity index is 813. The Labute approximate surface area is 141 Å². The second-order valence-corrected chi connectivity index (χ2v) is 5.97. The van der Waals surface area contributed by atoms with Crippen LogP contribution in [0.5, 0.6) is 0 Å². The molecule has 1 fully saturated rings. The van der Waals surface area contributed by atoms with Crippen LogP contribution in [0.1, 0.15) is 6.42 Å². The van der Waals surface area contributed by atoms with Gasteiger partial charge in [0.15, 0.2) is 0 Å². The van der Waals surface area contributed by atoms with Gasteiger partial charge in [-0.3, -0.25) is 9.59 Å². The lowest BCUT2D eigenvalue weighted by Crippen LogP contribution is -2.20. The smallest absolute Gasteiger partial charge is 0.228 e. The normalized spacial score (nSPS) is 18.8. The zero-order valence-electron chi connectivity index (χ0n) is 12.4. The van der Waals surface area contributed by atoms with Gasteiger partial charge in [0.05, 0.1) is 16.9 Å². The minimum Gasteiger partial charge on any atom is -0.326 e. The van der Waals surface area contributed by atoms with E-state index in [1.54, 1.807) is 6.07 Å². The van der Waals surface area contributed by atoms with Crippen LogP contribution in [0.4, 0.5) is 20.2 Å². The molecule has 3 rings (SSSR count). The number of benzene rings is 2. The van der Waals surface area contributed by atoms with E-state index in [1.807, 2.05) is 0 Å². The molecule has 0 heterocycles. The molecule has 1 aliphatic carbocycles. The Morgan fingerprint density at radius 2 is 1.58 bits per heavy atom. The second kappa shape index (κ2) is 6.57. The molecule has 2 aromatic carbocycles. The molecule has 7 heteroatoms. The number of amides is 2. The third-order valence-electron chi connectivity index (χ3n) is 3.74. The molecule has 4 nitrogen and oxygen atoms in total. The van der Waals surface area contributed by atoms with Crippen molar-refractivity contribution in [3.8, 4) is 0 Å². The summed E-state index contributed by atoms with van der Waals surface area (Å²) in [6.45, 7) is 0. The number of hydrogen-bond acceptors (Lipinski definition) is 2. The highest BCUT2D eigenvalue weighted by molar-refractivity contribution is 6.31. The molecule has 0 radical (unpaired) electrons. The van der Waals surface area contributed by atoms with Gasteiger partial charge in [-0.05, 0) is 42.8 Å². The third kappa shape index (κ3) is 3.71. The van der Waals surface area contributed by atoms with Crippen LogP contribution in [0, 0.1) is 23.5 Å². The molecule has 2 unspecified atom stereocenters. The van der Waals surface area contributed by atoms with Crippen molar-refractivity contribution < 1.29 is 18.4 Å². The highest BCUT2D eigenvalue weighted by Crippen LogP contribution is 2.40. The molecule has 0 spiro atoms. The van der Waals surface area contributed by atoms with E-state index < -0.39 is 23.5 Å². The molecule has 0 bridgehead atoms. The van der Waals surface area contributed by atoms with E-state index >= 15 is 0 Å². The minimum absolute atomic E-state index is 0.0935. The molecular formula is C17H13ClF2N2O2. The van der Waals surface area contributed by atoms with Gasteiger partial charge in [0.1, 0.15) is 11.6 Å². The van der Waals surface area contributed by atoms with E-state index in [-0.39, 0.29) is 16.8 Å². The van der Waals surface area contributed by atoms with Crippen LogP contribution in [0.2, 0.25) is 5.02 Å². The van der Waals surface area contributed by atoms with E-state index in [1.165, 1.54) is 30.3 Å². The van der Waals surface area contributed by atoms with E-state index in [4.69, 9.17) is 11.6 Å². The van der Waals surface area contributed by atoms with Gasteiger partial charge in [-0.25, -0.2) is 8.78 Å². The number of anilines is 2. The lowest BCUT2D eigenvalue weighted by Gasteiger charge is -2.07. The predicted octanol–water partition coefficient (Wildman–Crippen LogP) is 3.83. The molecule has 2 amide bonds. The summed E-state index contributed by atoms with van der Waals surface area (Å²) in [7, 11) is 0. The fraction of sp³-hybridized carbons (Fsp3) is 0.176. The minimum atomic E-state index is -0.576. The number of carbonyl (C=O) groups excluding carboxylic acids is 2. The second-order valence-electron chi connectivity index (χ2n) is 5.57. The van der Waals surface area contributed by atoms with Gasteiger partial charge < -0.3 is 10.6 Å². The van der Waals surface area contributed by atoms with Crippen molar-refractivity contribution >= 4 is 34.8 Å². The van der Waals surface area contributed by atoms with Crippen LogP contribution in [-0.2, 0) is 9.59 Å². The fourth-order valence-corrected chi connectivity index (χ4v) is 2.57. The van der Waals surface area contributed by atoms with Gasteiger partial charge in [0.25, 0.3) is 0 Å². The maximum Gasteiger partial charge on any atom is 0.228 e. The van der Waals surface area contributed by atoms with Crippen molar-refractivity contribution in [2.45, 2.75) is 6.42 Å². The van der Waals surface area contributed by atoms with Crippen LogP contribution in [0.3, 0.4) is 0 Å². The Kier molecular flexibility index (Phi) is 4.49. The van der Waals surface area contributed by atoms with Crippen molar-refractivity contribution in [2.75, 3.05) is 10.6 Å². The summed E-state index contributed by atoms with van der Waals surface area (Å²) in [6, 6.07) is 9.38. The summed E-state index contributed by atoms with van der Waals surface area (Å²) in [4.78, 5) is 24.2. The largest absolute Gasteiger partial charge is 0.326 e. The van der Waals surface area contributed by atoms with Gasteiger partial charge in [-0.1, -0.05) is 17.7 Å². The standard InChI is InChI=1S/C17H13ClF2N2O2/c18-14-7-11(4-5-15(14)20)22-17(24)13-8-12(13)16(23)21-10-3-1-2-9(19)6-10/h1-7,12-13H,8H2,(H,21,23)(H,22,24). The lowest BCUT2D eigenvalue weighted by atomic mass is 10.2. The lowest BCUT2D eigenvalue weighted by molar-refractivity contribution is -0.122. The van der Waals surface area contributed by atoms with Crippen molar-refractivity contribution in [1.82, 2.24) is 0 Å². The molecule has 24 heavy (non-hydrogen) atoms. The summed E-state index contributed by atoms with van der Waals surface area (Å²) in [6.07, 6.45) is 0.405. The highest BCUT2D eigenvalue weighted by atomic mass is 35.5. The SMILES string of the molecule is O=C(Nc1cccc(F)c1)C1CC1C(=O)Nc1ccc(F)c(Cl)c1. The van der Waals surface area contributed by atoms with Crippen molar-refractivity contribution in [3.05, 3.63) is 59.1 Å². The predicted molar refractivity (Wildman–Crippen MR) is 86.7 cm³/mol. The highest BCUT2D eigenvalue weighted by Gasteiger charge is 2.48. The summed E-state index contributed by atoms with van der Waals surface area (Å²) in [5.74, 6) is -2.64. The summed E-state index contributed by atoms with van der Waals surface area (Å²) in [5.41, 5.74) is 0.707. The number of nitrogens with one attached hydrogen (secondary N) is 2. The average molecular weight is 351 g/mol. The Morgan fingerprint density at radius 1 is 0.958 bits per heavy atom. The maximum absolute atomic E-state index is 13.1. The van der Waals surface area contributed by atoms with Crippen LogP contribution >= 0.6 is 11.6 Å². The Hall–Kier alpha value is -2.47. The first-order valence-corrected chi connectivity index (χ1v) is 7.64. The molecule has 0 aromatic heterocycles. The molecule has 124 valence electrons. The van der Waals surface area contributed by atoms with Gasteiger partial charge in [0.2, 0.25) is 11.8 Å². The Morgan fingerprint density at radius 3 is 2.17 bits per heavy atom. The van der Waals surface area contributed by atoms with Crippen LogP contribution in [0.25, 0.3) is 0 Å². The van der Waals surface area contributed by atoms with Crippen molar-refractivity contribution in [2.24, 2.45) is 11.8 Å². The first-order valence-electron chi connectivity index (χ1n) is 7.26. The fourth-order valence-electron chi connectivity index (χ4n) is 2.38. The van der Waals surface area contributed by atoms with Gasteiger partial charge in [0, 0.05) is 11.4 Å². The zero-order valence-corrected chi connectivity index (χ0v) is 13.1. The first kappa shape index (κ1) is 16.4. The molecule has 2 aromatic rings. The van der Waals surface area contributed by atoms with Crippen LogP contribution in [0.15, 0.2) is 42.5 Å². The third-order valence-corrected chi connectivity index (χ3v) is 4.03. The molecule has 1 saturated carbocycles. The summed E-state index contributed by atoms with van der Waals surface area (Å²) >= 11 is 5.65. The molecule has 0 saturated heterocycles. The molecule has 2 atom stereocenters. The van der Waals surface area contributed by atoms with Crippen LogP contribution in [-0.4, -0.2) is 11.8 Å². The number of hydrogen-bond donors (Lipinski definition) is 2. The molecular weight excluding hydrogens is 338 g/mol. The summed E-state index contributed by atoms with van der Waals surface area (Å²) in [5, 5.41) is 5.09. The maximum atomic E-state index is 13.1. The van der Waals surface area contributed by atoms with Crippen LogP contribution < -0.4 is 10.6 Å². The molecule has 2 N–H and O–H groups in total. The van der Waals surface area contributed by atoms with Gasteiger partial charge in [-0.2, -0.15) is 0 Å². The van der Waals surface area contributed by atoms with Gasteiger partial charge in [-0.15, -0.1) is 0 Å². The number of carbonyl (C=O) groups is 2. The number of rotatable bonds is 4. The van der Waals surface area contributed by atoms with Gasteiger partial charge >= 0.3 is 0 Å². The first-order chi connectivity index (χ1) is 11.4. The average Bonchev–Trinajstić information content (AvgIpc) is 3.32. The van der Waals surface area contributed by atoms with Crippen molar-refractivity contribution in [1.29, 1.82) is 0 Å². The van der Waals surface area contributed by atoms with E-state index in [0.717, 1.165) is 6.07 Å². The summed E-state index contributed by atoms with van der Waals surface area (Å²) < 4.78 is 26.2. The van der Waals surface area contributed by atoms with E-state index in [2.05, 4.69) is 10.6 Å². The molecule has 1 aliphatic rings. The van der Waals surface area contributed by atoms with E-state index in [0.29, 0.717) is 17.8 Å². The molecule has 0 aliphatic heterocycles. The number of halogens is 3. The zero-order chi connectivity index (χ0) is 17.3. The topological polar surface area (TPSA) is 58.2 Å². The monoisotopic (exact) mass is 350 g/mol.